The molecule has 190 valence electrons. The number of hydrogen-bond acceptors (Lipinski definition) is 3. The van der Waals surface area contributed by atoms with Gasteiger partial charge in [-0.2, -0.15) is 0 Å². The van der Waals surface area contributed by atoms with E-state index in [2.05, 4.69) is 44.1 Å². The Labute approximate surface area is 234 Å². The van der Waals surface area contributed by atoms with Crippen LogP contribution < -0.4 is 10.1 Å². The largest absolute Gasteiger partial charge is 0.482 e. The number of halogens is 3. The van der Waals surface area contributed by atoms with Gasteiger partial charge in [0, 0.05) is 28.5 Å². The lowest BCUT2D eigenvalue weighted by molar-refractivity contribution is -0.142. The van der Waals surface area contributed by atoms with Gasteiger partial charge in [0.05, 0.1) is 5.02 Å². The highest BCUT2D eigenvalue weighted by Gasteiger charge is 2.30. The van der Waals surface area contributed by atoms with E-state index < -0.39 is 6.04 Å². The molecule has 0 bridgehead atoms. The van der Waals surface area contributed by atoms with E-state index in [1.54, 1.807) is 23.1 Å². The van der Waals surface area contributed by atoms with Gasteiger partial charge in [0.2, 0.25) is 5.91 Å². The number of amides is 2. The Morgan fingerprint density at radius 2 is 1.67 bits per heavy atom. The Balaban J connectivity index is 1.88. The first-order chi connectivity index (χ1) is 17.4. The highest BCUT2D eigenvalue weighted by atomic mass is 79.9. The van der Waals surface area contributed by atoms with Crippen LogP contribution in [0.5, 0.6) is 5.75 Å². The molecule has 1 atom stereocenters. The number of rotatable bonds is 12. The molecule has 1 N–H and O–H groups in total. The van der Waals surface area contributed by atoms with Crippen molar-refractivity contribution < 1.29 is 14.3 Å². The van der Waals surface area contributed by atoms with Gasteiger partial charge in [-0.05, 0) is 47.9 Å². The molecule has 5 nitrogen and oxygen atoms in total. The summed E-state index contributed by atoms with van der Waals surface area (Å²) >= 11 is 13.1. The van der Waals surface area contributed by atoms with E-state index in [4.69, 9.17) is 16.3 Å². The predicted molar refractivity (Wildman–Crippen MR) is 151 cm³/mol. The first-order valence-electron chi connectivity index (χ1n) is 11.8. The third-order valence-corrected chi connectivity index (χ3v) is 6.93. The van der Waals surface area contributed by atoms with Gasteiger partial charge in [-0.15, -0.1) is 0 Å². The number of nitrogens with zero attached hydrogens (tertiary/aromatic N) is 1. The summed E-state index contributed by atoms with van der Waals surface area (Å²) < 4.78 is 7.54. The highest BCUT2D eigenvalue weighted by Crippen LogP contribution is 2.28. The molecule has 0 aliphatic heterocycles. The summed E-state index contributed by atoms with van der Waals surface area (Å²) in [6, 6.07) is 21.9. The van der Waals surface area contributed by atoms with Crippen molar-refractivity contribution in [2.75, 3.05) is 13.2 Å². The Morgan fingerprint density at radius 3 is 2.33 bits per heavy atom. The molecule has 3 rings (SSSR count). The molecule has 3 aromatic carbocycles. The minimum Gasteiger partial charge on any atom is -0.482 e. The fourth-order valence-electron chi connectivity index (χ4n) is 3.66. The van der Waals surface area contributed by atoms with Crippen LogP contribution in [0.4, 0.5) is 0 Å². The fourth-order valence-corrected chi connectivity index (χ4v) is 4.65. The molecule has 0 fully saturated rings. The Morgan fingerprint density at radius 1 is 0.972 bits per heavy atom. The van der Waals surface area contributed by atoms with E-state index in [-0.39, 0.29) is 25.0 Å². The number of ether oxygens (including phenoxy) is 1. The topological polar surface area (TPSA) is 58.6 Å². The Bertz CT molecular complexity index is 1140. The zero-order chi connectivity index (χ0) is 25.9. The molecule has 0 spiro atoms. The van der Waals surface area contributed by atoms with Crippen LogP contribution in [-0.4, -0.2) is 35.9 Å². The molecule has 0 saturated heterocycles. The minimum atomic E-state index is -0.704. The summed E-state index contributed by atoms with van der Waals surface area (Å²) in [5.74, 6) is -0.0771. The number of benzene rings is 3. The van der Waals surface area contributed by atoms with Crippen molar-refractivity contribution in [3.05, 3.63) is 97.9 Å². The smallest absolute Gasteiger partial charge is 0.261 e. The maximum absolute atomic E-state index is 13.6. The number of carbonyl (C=O) groups excluding carboxylic acids is 2. The SMILES string of the molecule is CCCCNC(=O)[C@@H](Cc1ccccc1)N(Cc1ccc(Br)cc1)C(=O)COc1ccc(Br)cc1Cl. The van der Waals surface area contributed by atoms with Gasteiger partial charge in [-0.1, -0.05) is 99.3 Å². The van der Waals surface area contributed by atoms with Gasteiger partial charge >= 0.3 is 0 Å². The van der Waals surface area contributed by atoms with Gasteiger partial charge < -0.3 is 15.0 Å². The van der Waals surface area contributed by atoms with Crippen molar-refractivity contribution in [3.8, 4) is 5.75 Å². The lowest BCUT2D eigenvalue weighted by Crippen LogP contribution is -2.51. The normalized spacial score (nSPS) is 11.6. The highest BCUT2D eigenvalue weighted by molar-refractivity contribution is 9.10. The van der Waals surface area contributed by atoms with E-state index in [9.17, 15) is 9.59 Å². The van der Waals surface area contributed by atoms with Crippen LogP contribution in [0.25, 0.3) is 0 Å². The monoisotopic (exact) mass is 634 g/mol. The maximum Gasteiger partial charge on any atom is 0.261 e. The van der Waals surface area contributed by atoms with E-state index >= 15 is 0 Å². The molecule has 3 aromatic rings. The number of unbranched alkanes of at least 4 members (excludes halogenated alkanes) is 1. The number of hydrogen-bond donors (Lipinski definition) is 1. The zero-order valence-corrected chi connectivity index (χ0v) is 24.0. The summed E-state index contributed by atoms with van der Waals surface area (Å²) in [7, 11) is 0. The molecular weight excluding hydrogens is 608 g/mol. The lowest BCUT2D eigenvalue weighted by atomic mass is 10.0. The first kappa shape index (κ1) is 28.2. The van der Waals surface area contributed by atoms with E-state index in [1.165, 1.54) is 0 Å². The van der Waals surface area contributed by atoms with Crippen molar-refractivity contribution in [1.29, 1.82) is 0 Å². The van der Waals surface area contributed by atoms with Gasteiger partial charge in [0.1, 0.15) is 11.8 Å². The van der Waals surface area contributed by atoms with Crippen molar-refractivity contribution in [3.63, 3.8) is 0 Å². The number of nitrogens with one attached hydrogen (secondary N) is 1. The molecule has 36 heavy (non-hydrogen) atoms. The van der Waals surface area contributed by atoms with Crippen LogP contribution in [-0.2, 0) is 22.6 Å². The molecule has 0 unspecified atom stereocenters. The Kier molecular flexibility index (Phi) is 11.3. The van der Waals surface area contributed by atoms with Crippen LogP contribution in [0, 0.1) is 0 Å². The second-order valence-electron chi connectivity index (χ2n) is 8.36. The van der Waals surface area contributed by atoms with Crippen molar-refractivity contribution in [1.82, 2.24) is 10.2 Å². The van der Waals surface area contributed by atoms with Crippen LogP contribution in [0.3, 0.4) is 0 Å². The standard InChI is InChI=1S/C28H29Br2ClN2O3/c1-2-3-15-32-28(35)25(16-20-7-5-4-6-8-20)33(18-21-9-11-22(29)12-10-21)27(34)19-36-26-14-13-23(30)17-24(26)31/h4-14,17,25H,2-3,15-16,18-19H2,1H3,(H,32,35)/t25-/m1/s1. The third kappa shape index (κ3) is 8.64. The van der Waals surface area contributed by atoms with Gasteiger partial charge in [-0.3, -0.25) is 9.59 Å². The average molecular weight is 637 g/mol. The lowest BCUT2D eigenvalue weighted by Gasteiger charge is -2.31. The summed E-state index contributed by atoms with van der Waals surface area (Å²) in [6.07, 6.45) is 2.22. The summed E-state index contributed by atoms with van der Waals surface area (Å²) in [5.41, 5.74) is 1.88. The summed E-state index contributed by atoms with van der Waals surface area (Å²) in [5, 5.41) is 3.41. The molecule has 0 heterocycles. The average Bonchev–Trinajstić information content (AvgIpc) is 2.87. The van der Waals surface area contributed by atoms with E-state index in [0.29, 0.717) is 23.7 Å². The van der Waals surface area contributed by atoms with Crippen LogP contribution in [0.1, 0.15) is 30.9 Å². The molecule has 8 heteroatoms. The summed E-state index contributed by atoms with van der Waals surface area (Å²) in [4.78, 5) is 28.6. The van der Waals surface area contributed by atoms with Crippen LogP contribution in [0.15, 0.2) is 81.7 Å². The van der Waals surface area contributed by atoms with Gasteiger partial charge in [0.15, 0.2) is 6.61 Å². The van der Waals surface area contributed by atoms with Crippen molar-refractivity contribution in [2.45, 2.75) is 38.8 Å². The van der Waals surface area contributed by atoms with E-state index in [1.807, 2.05) is 54.6 Å². The van der Waals surface area contributed by atoms with Crippen molar-refractivity contribution >= 4 is 55.3 Å². The second-order valence-corrected chi connectivity index (χ2v) is 10.6. The van der Waals surface area contributed by atoms with Crippen molar-refractivity contribution in [2.24, 2.45) is 0 Å². The fraction of sp³-hybridized carbons (Fsp3) is 0.286. The molecule has 0 aliphatic rings. The van der Waals surface area contributed by atoms with Gasteiger partial charge in [0.25, 0.3) is 5.91 Å². The molecule has 0 aromatic heterocycles. The maximum atomic E-state index is 13.6. The van der Waals surface area contributed by atoms with Crippen LogP contribution >= 0.6 is 43.5 Å². The number of carbonyl (C=O) groups is 2. The van der Waals surface area contributed by atoms with E-state index in [0.717, 1.165) is 32.9 Å². The molecule has 0 saturated carbocycles. The molecule has 0 radical (unpaired) electrons. The second kappa shape index (κ2) is 14.4. The summed E-state index contributed by atoms with van der Waals surface area (Å²) in [6.45, 7) is 2.65. The van der Waals surface area contributed by atoms with Gasteiger partial charge in [-0.25, -0.2) is 0 Å². The quantitative estimate of drug-likeness (QED) is 0.223. The molecule has 2 amide bonds. The third-order valence-electron chi connectivity index (χ3n) is 5.61. The zero-order valence-electron chi connectivity index (χ0n) is 20.1. The predicted octanol–water partition coefficient (Wildman–Crippen LogP) is 6.80. The molecular formula is C28H29Br2ClN2O3. The Hall–Kier alpha value is -2.35. The molecule has 0 aliphatic carbocycles. The first-order valence-corrected chi connectivity index (χ1v) is 13.8. The minimum absolute atomic E-state index is 0.181. The van der Waals surface area contributed by atoms with Crippen LogP contribution in [0.2, 0.25) is 5.02 Å².